The van der Waals surface area contributed by atoms with Gasteiger partial charge in [-0.15, -0.1) is 6.58 Å². The van der Waals surface area contributed by atoms with Gasteiger partial charge in [0.1, 0.15) is 17.6 Å². The van der Waals surface area contributed by atoms with Gasteiger partial charge in [0.05, 0.1) is 30.8 Å². The topological polar surface area (TPSA) is 96.4 Å². The molecule has 3 rings (SSSR count). The summed E-state index contributed by atoms with van der Waals surface area (Å²) < 4.78 is 12.4. The van der Waals surface area contributed by atoms with Crippen LogP contribution in [-0.4, -0.2) is 81.3 Å². The van der Waals surface area contributed by atoms with Crippen LogP contribution in [0.1, 0.15) is 94.4 Å². The zero-order valence-electron chi connectivity index (χ0n) is 25.7. The van der Waals surface area contributed by atoms with Gasteiger partial charge in [-0.25, -0.2) is 0 Å². The minimum Gasteiger partial charge on any atom is -0.466 e. The first-order valence-corrected chi connectivity index (χ1v) is 14.8. The average Bonchev–Trinajstić information content (AvgIpc) is 3.45. The molecule has 39 heavy (non-hydrogen) atoms. The van der Waals surface area contributed by atoms with Crippen LogP contribution in [0.25, 0.3) is 0 Å². The highest BCUT2D eigenvalue weighted by molar-refractivity contribution is 5.99. The number of esters is 1. The second-order valence-corrected chi connectivity index (χ2v) is 13.8. The van der Waals surface area contributed by atoms with Gasteiger partial charge in [-0.2, -0.15) is 0 Å². The summed E-state index contributed by atoms with van der Waals surface area (Å²) in [6.07, 6.45) is 4.80. The maximum atomic E-state index is 14.9. The van der Waals surface area contributed by atoms with Crippen LogP contribution in [0.5, 0.6) is 0 Å². The third-order valence-corrected chi connectivity index (χ3v) is 9.51. The van der Waals surface area contributed by atoms with E-state index in [0.29, 0.717) is 25.8 Å². The Labute approximate surface area is 235 Å². The van der Waals surface area contributed by atoms with Gasteiger partial charge >= 0.3 is 5.97 Å². The van der Waals surface area contributed by atoms with Crippen LogP contribution in [0.4, 0.5) is 0 Å². The normalized spacial score (nSPS) is 31.7. The molecule has 3 heterocycles. The van der Waals surface area contributed by atoms with E-state index < -0.39 is 46.6 Å². The Morgan fingerprint density at radius 1 is 1.23 bits per heavy atom. The SMILES string of the molecule is C=CCN(C(=O)C1N([C@@H](CO)[C@@H](C)CC)C(=O)[C@@H]2[C@@H](C(=O)OCC)[C@@]3(CC)CCC12O3)C(C)(C)CC(C)(C)C. The van der Waals surface area contributed by atoms with E-state index in [0.717, 1.165) is 12.8 Å². The number of amides is 2. The average molecular weight is 549 g/mol. The monoisotopic (exact) mass is 548 g/mol. The molecule has 2 unspecified atom stereocenters. The lowest BCUT2D eigenvalue weighted by Gasteiger charge is -2.47. The highest BCUT2D eigenvalue weighted by Crippen LogP contribution is 2.65. The van der Waals surface area contributed by atoms with Crippen LogP contribution < -0.4 is 0 Å². The molecule has 222 valence electrons. The van der Waals surface area contributed by atoms with Gasteiger partial charge in [-0.1, -0.05) is 54.0 Å². The number of hydrogen-bond donors (Lipinski definition) is 1. The van der Waals surface area contributed by atoms with Crippen LogP contribution in [0, 0.1) is 23.2 Å². The summed E-state index contributed by atoms with van der Waals surface area (Å²) in [5.74, 6) is -2.60. The van der Waals surface area contributed by atoms with Crippen molar-refractivity contribution in [3.63, 3.8) is 0 Å². The van der Waals surface area contributed by atoms with Gasteiger partial charge < -0.3 is 24.4 Å². The van der Waals surface area contributed by atoms with Crippen molar-refractivity contribution in [2.75, 3.05) is 19.8 Å². The molecule has 0 aromatic heterocycles. The quantitative estimate of drug-likeness (QED) is 0.288. The van der Waals surface area contributed by atoms with Gasteiger partial charge in [0, 0.05) is 12.1 Å². The minimum atomic E-state index is -1.15. The minimum absolute atomic E-state index is 0.0524. The first kappa shape index (κ1) is 31.6. The molecule has 3 aliphatic heterocycles. The van der Waals surface area contributed by atoms with Crippen molar-refractivity contribution in [3.8, 4) is 0 Å². The Morgan fingerprint density at radius 2 is 1.87 bits per heavy atom. The standard InChI is InChI=1S/C31H52N2O6/c1-11-17-32(29(9,10)19-28(6,7)8)26(36)24-31-16-15-30(13-3,39-31)23(27(37)38-14-4)22(31)25(35)33(24)21(18-34)20(5)12-2/h11,20-24,34H,1,12-19H2,2-10H3/t20-,21-,22-,23-,24?,30+,31?/m0/s1. The number of carbonyl (C=O) groups is 3. The van der Waals surface area contributed by atoms with Crippen molar-refractivity contribution in [2.24, 2.45) is 23.2 Å². The van der Waals surface area contributed by atoms with E-state index in [1.165, 1.54) is 0 Å². The number of ether oxygens (including phenoxy) is 2. The molecular weight excluding hydrogens is 496 g/mol. The Bertz CT molecular complexity index is 957. The molecule has 1 spiro atoms. The molecule has 3 saturated heterocycles. The smallest absolute Gasteiger partial charge is 0.312 e. The Balaban J connectivity index is 2.22. The summed E-state index contributed by atoms with van der Waals surface area (Å²) in [5, 5.41) is 10.6. The molecule has 3 aliphatic rings. The summed E-state index contributed by atoms with van der Waals surface area (Å²) >= 11 is 0. The largest absolute Gasteiger partial charge is 0.466 e. The maximum Gasteiger partial charge on any atom is 0.312 e. The molecule has 0 radical (unpaired) electrons. The van der Waals surface area contributed by atoms with Gasteiger partial charge in [0.25, 0.3) is 0 Å². The van der Waals surface area contributed by atoms with Gasteiger partial charge in [-0.3, -0.25) is 14.4 Å². The van der Waals surface area contributed by atoms with Gasteiger partial charge in [-0.05, 0) is 57.8 Å². The second kappa shape index (κ2) is 11.2. The number of nitrogens with zero attached hydrogens (tertiary/aromatic N) is 2. The van der Waals surface area contributed by atoms with E-state index in [-0.39, 0.29) is 36.4 Å². The fourth-order valence-corrected chi connectivity index (χ4v) is 8.00. The zero-order valence-corrected chi connectivity index (χ0v) is 25.7. The van der Waals surface area contributed by atoms with Crippen molar-refractivity contribution >= 4 is 17.8 Å². The van der Waals surface area contributed by atoms with Crippen molar-refractivity contribution in [1.29, 1.82) is 0 Å². The van der Waals surface area contributed by atoms with E-state index in [1.807, 2.05) is 25.7 Å². The third kappa shape index (κ3) is 5.16. The fourth-order valence-electron chi connectivity index (χ4n) is 8.00. The third-order valence-electron chi connectivity index (χ3n) is 9.51. The highest BCUT2D eigenvalue weighted by atomic mass is 16.6. The number of rotatable bonds is 12. The Morgan fingerprint density at radius 3 is 2.36 bits per heavy atom. The number of aliphatic hydroxyl groups is 1. The predicted octanol–water partition coefficient (Wildman–Crippen LogP) is 4.34. The summed E-state index contributed by atoms with van der Waals surface area (Å²) in [6.45, 7) is 22.4. The van der Waals surface area contributed by atoms with E-state index in [1.54, 1.807) is 17.9 Å². The number of hydrogen-bond acceptors (Lipinski definition) is 6. The highest BCUT2D eigenvalue weighted by Gasteiger charge is 2.80. The molecule has 0 aromatic carbocycles. The van der Waals surface area contributed by atoms with E-state index in [9.17, 15) is 19.5 Å². The van der Waals surface area contributed by atoms with Crippen LogP contribution in [-0.2, 0) is 23.9 Å². The van der Waals surface area contributed by atoms with Gasteiger partial charge in [0.15, 0.2) is 0 Å². The summed E-state index contributed by atoms with van der Waals surface area (Å²) in [7, 11) is 0. The molecule has 8 heteroatoms. The molecule has 0 aromatic rings. The maximum absolute atomic E-state index is 14.9. The fraction of sp³-hybridized carbons (Fsp3) is 0.839. The van der Waals surface area contributed by atoms with Crippen molar-refractivity contribution in [2.45, 2.75) is 123 Å². The van der Waals surface area contributed by atoms with Crippen molar-refractivity contribution in [3.05, 3.63) is 12.7 Å². The molecule has 2 amide bonds. The molecule has 7 atom stereocenters. The zero-order chi connectivity index (χ0) is 29.6. The first-order valence-electron chi connectivity index (χ1n) is 14.8. The lowest BCUT2D eigenvalue weighted by molar-refractivity contribution is -0.165. The first-order chi connectivity index (χ1) is 18.1. The molecule has 0 saturated carbocycles. The second-order valence-electron chi connectivity index (χ2n) is 13.8. The molecule has 2 bridgehead atoms. The number of likely N-dealkylation sites (tertiary alicyclic amines) is 1. The van der Waals surface area contributed by atoms with Crippen molar-refractivity contribution < 1.29 is 29.0 Å². The predicted molar refractivity (Wildman–Crippen MR) is 151 cm³/mol. The van der Waals surface area contributed by atoms with E-state index in [4.69, 9.17) is 9.47 Å². The molecule has 8 nitrogen and oxygen atoms in total. The number of carbonyl (C=O) groups excluding carboxylic acids is 3. The molecule has 3 fully saturated rings. The summed E-state index contributed by atoms with van der Waals surface area (Å²) in [5.41, 5.74) is -2.59. The molecular formula is C31H52N2O6. The van der Waals surface area contributed by atoms with Crippen LogP contribution in [0.15, 0.2) is 12.7 Å². The van der Waals surface area contributed by atoms with Crippen LogP contribution in [0.2, 0.25) is 0 Å². The lowest BCUT2D eigenvalue weighted by atomic mass is 9.65. The van der Waals surface area contributed by atoms with E-state index in [2.05, 4.69) is 41.2 Å². The number of aliphatic hydroxyl groups excluding tert-OH is 1. The van der Waals surface area contributed by atoms with Crippen molar-refractivity contribution in [1.82, 2.24) is 9.80 Å². The lowest BCUT2D eigenvalue weighted by Crippen LogP contribution is -2.63. The van der Waals surface area contributed by atoms with Crippen LogP contribution >= 0.6 is 0 Å². The Hall–Kier alpha value is -1.93. The Kier molecular flexibility index (Phi) is 9.04. The molecule has 0 aliphatic carbocycles. The summed E-state index contributed by atoms with van der Waals surface area (Å²) in [4.78, 5) is 46.2. The molecule has 1 N–H and O–H groups in total. The number of fused-ring (bicyclic) bond motifs is 1. The van der Waals surface area contributed by atoms with E-state index >= 15 is 0 Å². The van der Waals surface area contributed by atoms with Gasteiger partial charge in [0.2, 0.25) is 11.8 Å². The van der Waals surface area contributed by atoms with Crippen LogP contribution in [0.3, 0.4) is 0 Å². The summed E-state index contributed by atoms with van der Waals surface area (Å²) in [6, 6.07) is -1.52.